The van der Waals surface area contributed by atoms with E-state index >= 15 is 0 Å². The fourth-order valence-corrected chi connectivity index (χ4v) is 3.26. The standard InChI is InChI=1S/C28H25NO4/c1-20-8-13-24(14-9-20)32-19-22-18-21(10-17-27(22)31-2)28(30)29-23-11-15-26(16-12-23)33-25-6-4-3-5-7-25/h3-18H,19H2,1-2H3,(H,29,30). The molecule has 0 aliphatic carbocycles. The summed E-state index contributed by atoms with van der Waals surface area (Å²) in [4.78, 5) is 12.8. The van der Waals surface area contributed by atoms with Crippen LogP contribution in [0.5, 0.6) is 23.0 Å². The minimum atomic E-state index is -0.217. The zero-order valence-corrected chi connectivity index (χ0v) is 18.6. The Hall–Kier alpha value is -4.25. The predicted molar refractivity (Wildman–Crippen MR) is 129 cm³/mol. The molecule has 0 heterocycles. The van der Waals surface area contributed by atoms with E-state index in [0.717, 1.165) is 17.1 Å². The van der Waals surface area contributed by atoms with Crippen LogP contribution in [0.25, 0.3) is 0 Å². The highest BCUT2D eigenvalue weighted by molar-refractivity contribution is 6.04. The molecule has 4 aromatic rings. The fraction of sp³-hybridized carbons (Fsp3) is 0.107. The lowest BCUT2D eigenvalue weighted by Gasteiger charge is -2.13. The van der Waals surface area contributed by atoms with Crippen molar-refractivity contribution in [3.05, 3.63) is 114 Å². The van der Waals surface area contributed by atoms with Gasteiger partial charge in [-0.05, 0) is 73.7 Å². The number of nitrogens with one attached hydrogen (secondary N) is 1. The molecule has 0 saturated carbocycles. The molecule has 5 nitrogen and oxygen atoms in total. The second-order valence-electron chi connectivity index (χ2n) is 7.52. The van der Waals surface area contributed by atoms with E-state index in [1.54, 1.807) is 37.4 Å². The predicted octanol–water partition coefficient (Wildman–Crippen LogP) is 6.63. The number of carbonyl (C=O) groups is 1. The minimum absolute atomic E-state index is 0.217. The van der Waals surface area contributed by atoms with Gasteiger partial charge in [-0.3, -0.25) is 4.79 Å². The molecule has 1 N–H and O–H groups in total. The van der Waals surface area contributed by atoms with Crippen molar-refractivity contribution in [1.29, 1.82) is 0 Å². The zero-order valence-electron chi connectivity index (χ0n) is 18.6. The summed E-state index contributed by atoms with van der Waals surface area (Å²) in [5.74, 6) is 2.66. The molecule has 0 spiro atoms. The molecule has 1 amide bonds. The van der Waals surface area contributed by atoms with Crippen molar-refractivity contribution in [2.24, 2.45) is 0 Å². The van der Waals surface area contributed by atoms with Crippen molar-refractivity contribution < 1.29 is 19.0 Å². The molecular formula is C28H25NO4. The Morgan fingerprint density at radius 2 is 1.45 bits per heavy atom. The number of anilines is 1. The van der Waals surface area contributed by atoms with Gasteiger partial charge in [0.05, 0.1) is 7.11 Å². The average Bonchev–Trinajstić information content (AvgIpc) is 2.85. The number of benzene rings is 4. The van der Waals surface area contributed by atoms with Gasteiger partial charge in [0.25, 0.3) is 5.91 Å². The number of hydrogen-bond acceptors (Lipinski definition) is 4. The van der Waals surface area contributed by atoms with Crippen molar-refractivity contribution in [2.75, 3.05) is 12.4 Å². The van der Waals surface area contributed by atoms with Gasteiger partial charge in [-0.1, -0.05) is 35.9 Å². The maximum atomic E-state index is 12.8. The highest BCUT2D eigenvalue weighted by Crippen LogP contribution is 2.25. The molecule has 0 bridgehead atoms. The third-order valence-electron chi connectivity index (χ3n) is 5.05. The fourth-order valence-electron chi connectivity index (χ4n) is 3.26. The van der Waals surface area contributed by atoms with Gasteiger partial charge in [-0.2, -0.15) is 0 Å². The monoisotopic (exact) mass is 439 g/mol. The first-order valence-corrected chi connectivity index (χ1v) is 10.6. The Kier molecular flexibility index (Phi) is 6.90. The Morgan fingerprint density at radius 1 is 0.788 bits per heavy atom. The first kappa shape index (κ1) is 22.0. The van der Waals surface area contributed by atoms with E-state index in [9.17, 15) is 4.79 Å². The highest BCUT2D eigenvalue weighted by atomic mass is 16.5. The van der Waals surface area contributed by atoms with Gasteiger partial charge < -0.3 is 19.5 Å². The van der Waals surface area contributed by atoms with Crippen molar-refractivity contribution in [3.8, 4) is 23.0 Å². The summed E-state index contributed by atoms with van der Waals surface area (Å²) >= 11 is 0. The smallest absolute Gasteiger partial charge is 0.255 e. The quantitative estimate of drug-likeness (QED) is 0.335. The number of aryl methyl sites for hydroxylation is 1. The maximum absolute atomic E-state index is 12.8. The van der Waals surface area contributed by atoms with Crippen LogP contribution < -0.4 is 19.5 Å². The van der Waals surface area contributed by atoms with Gasteiger partial charge in [0.2, 0.25) is 0 Å². The van der Waals surface area contributed by atoms with E-state index in [1.807, 2.05) is 73.7 Å². The molecule has 33 heavy (non-hydrogen) atoms. The Bertz CT molecular complexity index is 1200. The van der Waals surface area contributed by atoms with E-state index in [4.69, 9.17) is 14.2 Å². The first-order valence-electron chi connectivity index (χ1n) is 10.6. The van der Waals surface area contributed by atoms with Gasteiger partial charge in [0.15, 0.2) is 0 Å². The van der Waals surface area contributed by atoms with Gasteiger partial charge in [-0.25, -0.2) is 0 Å². The Balaban J connectivity index is 1.42. The summed E-state index contributed by atoms with van der Waals surface area (Å²) in [6, 6.07) is 29.9. The number of methoxy groups -OCH3 is 1. The molecule has 0 atom stereocenters. The summed E-state index contributed by atoms with van der Waals surface area (Å²) in [6.07, 6.45) is 0. The maximum Gasteiger partial charge on any atom is 0.255 e. The van der Waals surface area contributed by atoms with Crippen LogP contribution in [-0.4, -0.2) is 13.0 Å². The number of amides is 1. The minimum Gasteiger partial charge on any atom is -0.496 e. The second-order valence-corrected chi connectivity index (χ2v) is 7.52. The lowest BCUT2D eigenvalue weighted by atomic mass is 10.1. The molecule has 0 unspecified atom stereocenters. The third-order valence-corrected chi connectivity index (χ3v) is 5.05. The summed E-state index contributed by atoms with van der Waals surface area (Å²) < 4.78 is 17.1. The van der Waals surface area contributed by atoms with Crippen LogP contribution in [0.4, 0.5) is 5.69 Å². The van der Waals surface area contributed by atoms with Gasteiger partial charge in [0, 0.05) is 16.8 Å². The number of rotatable bonds is 8. The van der Waals surface area contributed by atoms with E-state index in [-0.39, 0.29) is 5.91 Å². The first-order chi connectivity index (χ1) is 16.1. The van der Waals surface area contributed by atoms with E-state index in [1.165, 1.54) is 5.56 Å². The van der Waals surface area contributed by atoms with Crippen LogP contribution >= 0.6 is 0 Å². The summed E-state index contributed by atoms with van der Waals surface area (Å²) in [6.45, 7) is 2.32. The average molecular weight is 440 g/mol. The Labute approximate surface area is 193 Å². The largest absolute Gasteiger partial charge is 0.496 e. The van der Waals surface area contributed by atoms with E-state index in [0.29, 0.717) is 29.4 Å². The second kappa shape index (κ2) is 10.4. The molecule has 0 radical (unpaired) electrons. The lowest BCUT2D eigenvalue weighted by Crippen LogP contribution is -2.12. The molecule has 0 aliphatic rings. The Morgan fingerprint density at radius 3 is 2.15 bits per heavy atom. The number of para-hydroxylation sites is 1. The van der Waals surface area contributed by atoms with Crippen LogP contribution in [0.2, 0.25) is 0 Å². The number of carbonyl (C=O) groups excluding carboxylic acids is 1. The van der Waals surface area contributed by atoms with Crippen LogP contribution in [0.15, 0.2) is 97.1 Å². The molecule has 166 valence electrons. The van der Waals surface area contributed by atoms with E-state index < -0.39 is 0 Å². The summed E-state index contributed by atoms with van der Waals surface area (Å²) in [5.41, 5.74) is 3.15. The molecule has 0 saturated heterocycles. The highest BCUT2D eigenvalue weighted by Gasteiger charge is 2.12. The molecule has 0 aromatic heterocycles. The van der Waals surface area contributed by atoms with Gasteiger partial charge in [0.1, 0.15) is 29.6 Å². The molecule has 0 aliphatic heterocycles. The SMILES string of the molecule is COc1ccc(C(=O)Nc2ccc(Oc3ccccc3)cc2)cc1COc1ccc(C)cc1. The lowest BCUT2D eigenvalue weighted by molar-refractivity contribution is 0.102. The van der Waals surface area contributed by atoms with Crippen LogP contribution in [-0.2, 0) is 6.61 Å². The molecule has 0 fully saturated rings. The third kappa shape index (κ3) is 5.92. The number of hydrogen-bond donors (Lipinski definition) is 1. The molecule has 5 heteroatoms. The zero-order chi connectivity index (χ0) is 23.0. The van der Waals surface area contributed by atoms with Crippen molar-refractivity contribution in [3.63, 3.8) is 0 Å². The van der Waals surface area contributed by atoms with Gasteiger partial charge in [-0.15, -0.1) is 0 Å². The van der Waals surface area contributed by atoms with E-state index in [2.05, 4.69) is 5.32 Å². The van der Waals surface area contributed by atoms with Crippen molar-refractivity contribution in [1.82, 2.24) is 0 Å². The number of ether oxygens (including phenoxy) is 3. The molecule has 4 aromatic carbocycles. The summed E-state index contributed by atoms with van der Waals surface area (Å²) in [5, 5.41) is 2.92. The van der Waals surface area contributed by atoms with Crippen LogP contribution in [0.1, 0.15) is 21.5 Å². The van der Waals surface area contributed by atoms with Crippen molar-refractivity contribution >= 4 is 11.6 Å². The molecular weight excluding hydrogens is 414 g/mol. The topological polar surface area (TPSA) is 56.8 Å². The normalized spacial score (nSPS) is 10.4. The summed E-state index contributed by atoms with van der Waals surface area (Å²) in [7, 11) is 1.60. The van der Waals surface area contributed by atoms with Gasteiger partial charge >= 0.3 is 0 Å². The molecule has 4 rings (SSSR count). The van der Waals surface area contributed by atoms with Crippen LogP contribution in [0.3, 0.4) is 0 Å². The van der Waals surface area contributed by atoms with Crippen LogP contribution in [0, 0.1) is 6.92 Å². The van der Waals surface area contributed by atoms with Crippen molar-refractivity contribution in [2.45, 2.75) is 13.5 Å².